The van der Waals surface area contributed by atoms with Crippen molar-refractivity contribution in [1.82, 2.24) is 9.13 Å². The number of aromatic nitrogens is 2. The van der Waals surface area contributed by atoms with Crippen molar-refractivity contribution in [3.05, 3.63) is 166 Å². The summed E-state index contributed by atoms with van der Waals surface area (Å²) in [4.78, 5) is 0. The first-order chi connectivity index (χ1) is 40.4. The first-order valence-electron chi connectivity index (χ1n) is 31.1. The normalized spacial score (nSPS) is 13.0. The Kier molecular flexibility index (Phi) is 16.5. The van der Waals surface area contributed by atoms with E-state index in [4.69, 9.17) is 21.1 Å². The van der Waals surface area contributed by atoms with Crippen LogP contribution in [0.2, 0.25) is 44.3 Å². The molecule has 0 bridgehead atoms. The van der Waals surface area contributed by atoms with Gasteiger partial charge in [0.1, 0.15) is 28.8 Å². The van der Waals surface area contributed by atoms with E-state index in [1.54, 1.807) is 0 Å². The summed E-state index contributed by atoms with van der Waals surface area (Å²) in [5, 5.41) is 33.9. The third-order valence-electron chi connectivity index (χ3n) is 17.6. The first kappa shape index (κ1) is 63.2. The van der Waals surface area contributed by atoms with Gasteiger partial charge in [-0.05, 0) is 169 Å². The summed E-state index contributed by atoms with van der Waals surface area (Å²) >= 11 is 7.03. The molecule has 0 spiro atoms. The Morgan fingerprint density at radius 2 is 0.874 bits per heavy atom. The zero-order valence-electron chi connectivity index (χ0n) is 55.4. The van der Waals surface area contributed by atoms with Crippen LogP contribution in [0.3, 0.4) is 0 Å². The lowest BCUT2D eigenvalue weighted by molar-refractivity contribution is 0.246. The Balaban J connectivity index is 1.05. The van der Waals surface area contributed by atoms with Crippen LogP contribution in [-0.4, -0.2) is 48.7 Å². The van der Waals surface area contributed by atoms with Crippen molar-refractivity contribution in [3.8, 4) is 56.6 Å². The fraction of sp³-hybridized carbons (Fsp3) is 0.377. The maximum absolute atomic E-state index is 16.2. The van der Waals surface area contributed by atoms with E-state index in [-0.39, 0.29) is 46.4 Å². The maximum atomic E-state index is 16.2. The quantitative estimate of drug-likeness (QED) is 0.0747. The van der Waals surface area contributed by atoms with Gasteiger partial charge in [0.15, 0.2) is 0 Å². The number of phenols is 2. The molecule has 2 aromatic heterocycles. The van der Waals surface area contributed by atoms with Crippen molar-refractivity contribution in [3.63, 3.8) is 0 Å². The van der Waals surface area contributed by atoms with Gasteiger partial charge in [-0.25, -0.2) is 4.39 Å². The number of halogens is 2. The predicted octanol–water partition coefficient (Wildman–Crippen LogP) is 21.0. The lowest BCUT2D eigenvalue weighted by Crippen LogP contribution is -2.37. The zero-order valence-corrected chi connectivity index (χ0v) is 58.2. The fourth-order valence-electron chi connectivity index (χ4n) is 14.0. The first-order valence-corrected chi connectivity index (χ1v) is 38.5. The minimum atomic E-state index is -1.77. The van der Waals surface area contributed by atoms with E-state index >= 15 is 4.39 Å². The topological polar surface area (TPSA) is 68.8 Å². The fourth-order valence-corrected chi connectivity index (χ4v) is 16.6. The van der Waals surface area contributed by atoms with Crippen LogP contribution in [-0.2, 0) is 10.8 Å². The van der Waals surface area contributed by atoms with E-state index in [1.165, 1.54) is 33.5 Å². The summed E-state index contributed by atoms with van der Waals surface area (Å²) in [5.74, 6) is 0.879. The molecule has 6 nitrogen and oxygen atoms in total. The van der Waals surface area contributed by atoms with Gasteiger partial charge >= 0.3 is 0 Å². The average molecular weight is 1220 g/mol. The second kappa shape index (κ2) is 22.7. The van der Waals surface area contributed by atoms with Crippen LogP contribution in [0, 0.1) is 44.3 Å². The van der Waals surface area contributed by atoms with Crippen LogP contribution in [0.15, 0.2) is 121 Å². The summed E-state index contributed by atoms with van der Waals surface area (Å²) in [6.07, 6.45) is 2.22. The standard InChI is InChI=1S/C77H92ClFN2O4Si2/c1-46-23-28-64-58(32-46)59-42-54(86(15,16)17)25-29-65(59)80(64)68-38-50(76(11,12)44-74(5,6)7)36-60(70(68)82)62-40-52(78)34-48(3)72(62)84-30-21-31-85-73-49(4)35-53(79)41-63(73)61-37-51(77(13,14)45-75(8,9)10)39-69(71(61)83)81-66-33-47(2)22-26-56(66)57-27-24-55(43-67(57)81)87(18,19)20/h22-29,32-43,82-83H,21,30-31,44-45H2,1-20H3. The molecule has 456 valence electrons. The van der Waals surface area contributed by atoms with Crippen molar-refractivity contribution in [2.24, 2.45) is 10.8 Å². The number of benzene rings is 8. The van der Waals surface area contributed by atoms with Gasteiger partial charge in [-0.2, -0.15) is 0 Å². The Morgan fingerprint density at radius 3 is 1.40 bits per heavy atom. The molecule has 0 saturated heterocycles. The second-order valence-electron chi connectivity index (χ2n) is 31.0. The van der Waals surface area contributed by atoms with Crippen LogP contribution < -0.4 is 19.8 Å². The van der Waals surface area contributed by atoms with Crippen LogP contribution >= 0.6 is 11.6 Å². The lowest BCUT2D eigenvalue weighted by atomic mass is 9.71. The van der Waals surface area contributed by atoms with E-state index in [2.05, 4.69) is 229 Å². The molecule has 0 aliphatic heterocycles. The number of aromatic hydroxyl groups is 2. The number of hydrogen-bond donors (Lipinski definition) is 2. The van der Waals surface area contributed by atoms with Gasteiger partial charge in [0.25, 0.3) is 0 Å². The summed E-state index contributed by atoms with van der Waals surface area (Å²) in [6.45, 7) is 45.6. The molecule has 10 aromatic rings. The third kappa shape index (κ3) is 12.7. The molecule has 0 amide bonds. The summed E-state index contributed by atoms with van der Waals surface area (Å²) in [6, 6.07) is 42.2. The molecule has 87 heavy (non-hydrogen) atoms. The molecule has 0 atom stereocenters. The minimum absolute atomic E-state index is 0.0104. The highest BCUT2D eigenvalue weighted by molar-refractivity contribution is 6.89. The number of nitrogens with zero attached hydrogens (tertiary/aromatic N) is 2. The monoisotopic (exact) mass is 1220 g/mol. The van der Waals surface area contributed by atoms with Crippen LogP contribution in [0.5, 0.6) is 23.0 Å². The van der Waals surface area contributed by atoms with E-state index in [1.807, 2.05) is 26.0 Å². The Labute approximate surface area is 524 Å². The van der Waals surface area contributed by atoms with Gasteiger partial charge in [0, 0.05) is 55.2 Å². The molecule has 10 heteroatoms. The molecule has 2 N–H and O–H groups in total. The predicted molar refractivity (Wildman–Crippen MR) is 375 cm³/mol. The zero-order chi connectivity index (χ0) is 63.4. The number of rotatable bonds is 16. The largest absolute Gasteiger partial charge is 0.505 e. The highest BCUT2D eigenvalue weighted by Crippen LogP contribution is 2.51. The molecular formula is C77H92ClFN2O4Si2. The highest BCUT2D eigenvalue weighted by atomic mass is 35.5. The van der Waals surface area contributed by atoms with Crippen molar-refractivity contribution in [2.75, 3.05) is 13.2 Å². The van der Waals surface area contributed by atoms with Gasteiger partial charge in [0.05, 0.1) is 62.8 Å². The van der Waals surface area contributed by atoms with E-state index < -0.39 is 22.0 Å². The number of ether oxygens (including phenoxy) is 2. The molecule has 0 fully saturated rings. The van der Waals surface area contributed by atoms with Gasteiger partial charge in [0.2, 0.25) is 0 Å². The number of fused-ring (bicyclic) bond motifs is 6. The Hall–Kier alpha value is -6.79. The SMILES string of the molecule is Cc1ccc2c(c1)c1cc([Si](C)(C)C)ccc1n2-c1cc(C(C)(C)CC(C)(C)C)cc(-c2cc(Cl)cc(C)c2OCCCOc2c(C)cc(F)cc2-c2cc(C(C)(C)CC(C)(C)C)cc(-n3c4cc(C)ccc4c4ccc([Si](C)(C)C)cc43)c2O)c1O. The summed E-state index contributed by atoms with van der Waals surface area (Å²) < 4.78 is 34.4. The van der Waals surface area contributed by atoms with E-state index in [0.717, 1.165) is 73.3 Å². The molecule has 0 aliphatic rings. The second-order valence-corrected chi connectivity index (χ2v) is 41.5. The van der Waals surface area contributed by atoms with Gasteiger partial charge in [-0.15, -0.1) is 0 Å². The smallest absolute Gasteiger partial charge is 0.147 e. The highest BCUT2D eigenvalue weighted by Gasteiger charge is 2.34. The van der Waals surface area contributed by atoms with Gasteiger partial charge in [-0.1, -0.05) is 179 Å². The minimum Gasteiger partial charge on any atom is -0.505 e. The summed E-state index contributed by atoms with van der Waals surface area (Å²) in [5.41, 5.74) is 12.9. The van der Waals surface area contributed by atoms with Crippen LogP contribution in [0.4, 0.5) is 4.39 Å². The Bertz CT molecular complexity index is 4350. The number of aryl methyl sites for hydroxylation is 4. The van der Waals surface area contributed by atoms with E-state index in [9.17, 15) is 10.2 Å². The number of hydrogen-bond acceptors (Lipinski definition) is 4. The molecule has 0 saturated carbocycles. The van der Waals surface area contributed by atoms with E-state index in [0.29, 0.717) is 62.1 Å². The third-order valence-corrected chi connectivity index (χ3v) is 21.9. The van der Waals surface area contributed by atoms with Crippen molar-refractivity contribution in [1.29, 1.82) is 0 Å². The van der Waals surface area contributed by atoms with Crippen molar-refractivity contribution < 1.29 is 24.1 Å². The molecule has 0 unspecified atom stereocenters. The van der Waals surface area contributed by atoms with Gasteiger partial charge < -0.3 is 28.8 Å². The van der Waals surface area contributed by atoms with Crippen molar-refractivity contribution >= 4 is 81.7 Å². The van der Waals surface area contributed by atoms with Crippen molar-refractivity contribution in [2.45, 2.75) is 166 Å². The van der Waals surface area contributed by atoms with Crippen LogP contribution in [0.25, 0.3) is 77.2 Å². The molecule has 0 radical (unpaired) electrons. The van der Waals surface area contributed by atoms with Gasteiger partial charge in [-0.3, -0.25) is 0 Å². The molecule has 2 heterocycles. The molecular weight excluding hydrogens is 1130 g/mol. The maximum Gasteiger partial charge on any atom is 0.147 e. The summed E-state index contributed by atoms with van der Waals surface area (Å²) in [7, 11) is -3.45. The molecule has 8 aromatic carbocycles. The average Bonchev–Trinajstić information content (AvgIpc) is 1.67. The molecule has 10 rings (SSSR count). The molecule has 0 aliphatic carbocycles. The lowest BCUT2D eigenvalue weighted by Gasteiger charge is -2.34. The van der Waals surface area contributed by atoms with Crippen LogP contribution in [0.1, 0.15) is 122 Å². The Morgan fingerprint density at radius 1 is 0.448 bits per heavy atom. The number of phenolic OH excluding ortho intramolecular Hbond substituents is 2.